The molecule has 0 aromatic carbocycles. The fourth-order valence-electron chi connectivity index (χ4n) is 0.0333. The van der Waals surface area contributed by atoms with Gasteiger partial charge in [-0.3, -0.25) is 0 Å². The molecule has 0 aliphatic carbocycles. The van der Waals surface area contributed by atoms with Crippen molar-refractivity contribution in [1.82, 2.24) is 0 Å². The van der Waals surface area contributed by atoms with Crippen LogP contribution in [-0.4, -0.2) is 21.5 Å². The van der Waals surface area contributed by atoms with Crippen LogP contribution in [0.1, 0.15) is 6.92 Å². The summed E-state index contributed by atoms with van der Waals surface area (Å²) in [5.74, 6) is 0. The molecule has 6 heavy (non-hydrogen) atoms. The Labute approximate surface area is 41.4 Å². The molecule has 1 unspecified atom stereocenters. The number of rotatable bonds is 2. The maximum absolute atomic E-state index is 8.15. The second-order valence-corrected chi connectivity index (χ2v) is 2.11. The highest BCUT2D eigenvalue weighted by Gasteiger charge is 1.93. The summed E-state index contributed by atoms with van der Waals surface area (Å²) >= 11 is 0.675. The lowest BCUT2D eigenvalue weighted by Crippen LogP contribution is -1.99. The van der Waals surface area contributed by atoms with Gasteiger partial charge in [-0.2, -0.15) is 0 Å². The van der Waals surface area contributed by atoms with Crippen LogP contribution in [-0.2, 0) is 0 Å². The largest absolute Gasteiger partial charge is 0.395 e. The van der Waals surface area contributed by atoms with Gasteiger partial charge in [-0.25, -0.2) is 0 Å². The molecule has 0 saturated heterocycles. The van der Waals surface area contributed by atoms with E-state index in [-0.39, 0.29) is 11.9 Å². The zero-order chi connectivity index (χ0) is 4.99. The summed E-state index contributed by atoms with van der Waals surface area (Å²) in [6.07, 6.45) is 0. The second-order valence-electron chi connectivity index (χ2n) is 1.10. The average Bonchev–Trinajstić information content (AvgIpc) is 1.65. The van der Waals surface area contributed by atoms with E-state index in [1.54, 1.807) is 6.92 Å². The van der Waals surface area contributed by atoms with Gasteiger partial charge in [0.05, 0.1) is 11.9 Å². The van der Waals surface area contributed by atoms with Gasteiger partial charge in [0, 0.05) is 0 Å². The van der Waals surface area contributed by atoms with E-state index in [9.17, 15) is 0 Å². The van der Waals surface area contributed by atoms with E-state index in [2.05, 4.69) is 0 Å². The lowest BCUT2D eigenvalue weighted by molar-refractivity contribution is 0.298. The van der Waals surface area contributed by atoms with Gasteiger partial charge in [0.2, 0.25) is 0 Å². The van der Waals surface area contributed by atoms with Crippen LogP contribution in [0.2, 0.25) is 0 Å². The molecule has 0 spiro atoms. The summed E-state index contributed by atoms with van der Waals surface area (Å²) in [5, 5.41) is 8.12. The first-order valence-corrected chi connectivity index (χ1v) is 2.56. The van der Waals surface area contributed by atoms with Crippen molar-refractivity contribution in [2.24, 2.45) is 0 Å². The van der Waals surface area contributed by atoms with Crippen molar-refractivity contribution in [3.63, 3.8) is 0 Å². The molecule has 3 heteroatoms. The molecule has 0 aromatic heterocycles. The third-order valence-electron chi connectivity index (χ3n) is 0.437. The van der Waals surface area contributed by atoms with Crippen molar-refractivity contribution in [2.45, 2.75) is 12.2 Å². The van der Waals surface area contributed by atoms with Crippen LogP contribution in [0.5, 0.6) is 0 Å². The van der Waals surface area contributed by atoms with E-state index in [1.165, 1.54) is 0 Å². The lowest BCUT2D eigenvalue weighted by Gasteiger charge is -1.95. The minimum absolute atomic E-state index is 0.0370. The fraction of sp³-hybridized carbons (Fsp3) is 1.00. The van der Waals surface area contributed by atoms with Crippen LogP contribution in [0.25, 0.3) is 0 Å². The Hall–Kier alpha value is 0.270. The molecule has 0 aliphatic heterocycles. The number of hydrogen-bond acceptors (Lipinski definition) is 3. The fourth-order valence-corrected chi connectivity index (χ4v) is 0.100. The molecule has 1 atom stereocenters. The summed E-state index contributed by atoms with van der Waals surface area (Å²) in [6, 6.07) is 0. The average molecular weight is 108 g/mol. The molecule has 2 nitrogen and oxygen atoms in total. The molecular weight excluding hydrogens is 100 g/mol. The quantitative estimate of drug-likeness (QED) is 0.508. The Morgan fingerprint density at radius 1 is 1.83 bits per heavy atom. The maximum atomic E-state index is 8.15. The van der Waals surface area contributed by atoms with Crippen LogP contribution in [0.15, 0.2) is 0 Å². The Morgan fingerprint density at radius 3 is 2.33 bits per heavy atom. The Kier molecular flexibility index (Phi) is 3.62. The minimum Gasteiger partial charge on any atom is -0.395 e. The number of aliphatic hydroxyl groups is 1. The highest BCUT2D eigenvalue weighted by atomic mass is 32.2. The van der Waals surface area contributed by atoms with Crippen molar-refractivity contribution in [2.75, 3.05) is 6.61 Å². The molecular formula is C3H8O2S. The molecule has 0 rings (SSSR count). The molecule has 0 bridgehead atoms. The molecule has 2 N–H and O–H groups in total. The van der Waals surface area contributed by atoms with Crippen LogP contribution in [0.3, 0.4) is 0 Å². The lowest BCUT2D eigenvalue weighted by atomic mass is 10.5. The van der Waals surface area contributed by atoms with E-state index in [4.69, 9.17) is 9.66 Å². The Balaban J connectivity index is 2.75. The van der Waals surface area contributed by atoms with Crippen LogP contribution < -0.4 is 0 Å². The van der Waals surface area contributed by atoms with Crippen molar-refractivity contribution in [3.05, 3.63) is 0 Å². The van der Waals surface area contributed by atoms with E-state index in [0.29, 0.717) is 12.0 Å². The van der Waals surface area contributed by atoms with Gasteiger partial charge in [-0.15, -0.1) is 0 Å². The first kappa shape index (κ1) is 6.27. The van der Waals surface area contributed by atoms with Gasteiger partial charge in [-0.05, 0) is 19.0 Å². The summed E-state index contributed by atoms with van der Waals surface area (Å²) in [6.45, 7) is 1.78. The van der Waals surface area contributed by atoms with Gasteiger partial charge in [0.25, 0.3) is 0 Å². The van der Waals surface area contributed by atoms with Crippen LogP contribution in [0, 0.1) is 0 Å². The summed E-state index contributed by atoms with van der Waals surface area (Å²) in [5.41, 5.74) is 0. The molecule has 0 amide bonds. The van der Waals surface area contributed by atoms with Gasteiger partial charge in [0.1, 0.15) is 0 Å². The molecule has 0 saturated carbocycles. The predicted octanol–water partition coefficient (Wildman–Crippen LogP) is 0.573. The third-order valence-corrected chi connectivity index (χ3v) is 0.946. The van der Waals surface area contributed by atoms with Crippen molar-refractivity contribution in [3.8, 4) is 0 Å². The highest BCUT2D eigenvalue weighted by molar-refractivity contribution is 7.94. The van der Waals surface area contributed by atoms with Gasteiger partial charge in [-0.1, -0.05) is 0 Å². The zero-order valence-electron chi connectivity index (χ0n) is 3.59. The highest BCUT2D eigenvalue weighted by Crippen LogP contribution is 2.00. The van der Waals surface area contributed by atoms with Crippen molar-refractivity contribution in [1.29, 1.82) is 0 Å². The normalized spacial score (nSPS) is 14.5. The molecule has 0 radical (unpaired) electrons. The molecule has 0 fully saturated rings. The maximum Gasteiger partial charge on any atom is 0.0569 e. The number of hydrogen-bond donors (Lipinski definition) is 2. The van der Waals surface area contributed by atoms with Crippen molar-refractivity contribution < 1.29 is 9.66 Å². The molecule has 0 aliphatic rings. The second kappa shape index (κ2) is 3.46. The van der Waals surface area contributed by atoms with Crippen molar-refractivity contribution >= 4 is 12.0 Å². The first-order chi connectivity index (χ1) is 2.81. The molecule has 38 valence electrons. The van der Waals surface area contributed by atoms with E-state index in [1.807, 2.05) is 0 Å². The molecule has 0 aromatic rings. The van der Waals surface area contributed by atoms with E-state index >= 15 is 0 Å². The van der Waals surface area contributed by atoms with Gasteiger partial charge >= 0.3 is 0 Å². The number of aliphatic hydroxyl groups excluding tert-OH is 1. The standard InChI is InChI=1S/C3H8O2S/c1-3(2-4)6-5/h3-5H,2H2,1H3. The summed E-state index contributed by atoms with van der Waals surface area (Å²) in [7, 11) is 0. The minimum atomic E-state index is -0.0370. The topological polar surface area (TPSA) is 40.5 Å². The summed E-state index contributed by atoms with van der Waals surface area (Å²) in [4.78, 5) is 0. The Morgan fingerprint density at radius 2 is 2.33 bits per heavy atom. The third kappa shape index (κ3) is 2.50. The first-order valence-electron chi connectivity index (χ1n) is 1.72. The molecule has 0 heterocycles. The van der Waals surface area contributed by atoms with E-state index in [0.717, 1.165) is 0 Å². The summed E-state index contributed by atoms with van der Waals surface area (Å²) < 4.78 is 8.09. The van der Waals surface area contributed by atoms with Crippen LogP contribution in [0.4, 0.5) is 0 Å². The van der Waals surface area contributed by atoms with Crippen LogP contribution >= 0.6 is 12.0 Å². The SMILES string of the molecule is CC(CO)SO. The smallest absolute Gasteiger partial charge is 0.0569 e. The Bertz CT molecular complexity index is 28.0. The van der Waals surface area contributed by atoms with Gasteiger partial charge < -0.3 is 9.66 Å². The monoisotopic (exact) mass is 108 g/mol. The van der Waals surface area contributed by atoms with Gasteiger partial charge in [0.15, 0.2) is 0 Å². The van der Waals surface area contributed by atoms with E-state index < -0.39 is 0 Å². The predicted molar refractivity (Wildman–Crippen MR) is 26.8 cm³/mol. The zero-order valence-corrected chi connectivity index (χ0v) is 4.40.